The molecule has 0 radical (unpaired) electrons. The molecule has 0 aliphatic carbocycles. The summed E-state index contributed by atoms with van der Waals surface area (Å²) in [5.41, 5.74) is 2.70. The van der Waals surface area contributed by atoms with Crippen LogP contribution in [0.3, 0.4) is 0 Å². The zero-order chi connectivity index (χ0) is 23.1. The molecule has 0 atom stereocenters. The summed E-state index contributed by atoms with van der Waals surface area (Å²) in [5.74, 6) is 1.34. The zero-order valence-electron chi connectivity index (χ0n) is 18.6. The highest BCUT2D eigenvalue weighted by atomic mass is 32.2. The van der Waals surface area contributed by atoms with E-state index in [0.29, 0.717) is 17.6 Å². The number of thioether (sulfide) groups is 1. The van der Waals surface area contributed by atoms with Gasteiger partial charge in [-0.05, 0) is 22.8 Å². The maximum atomic E-state index is 5.72. The average Bonchev–Trinajstić information content (AvgIpc) is 3.39. The molecule has 5 nitrogen and oxygen atoms in total. The minimum Gasteiger partial charge on any atom is -0.477 e. The molecule has 0 aliphatic rings. The van der Waals surface area contributed by atoms with Crippen molar-refractivity contribution in [1.29, 1.82) is 0 Å². The Balaban J connectivity index is 1.50. The third kappa shape index (κ3) is 4.45. The van der Waals surface area contributed by atoms with Gasteiger partial charge in [0.25, 0.3) is 0 Å². The second kappa shape index (κ2) is 10.4. The molecule has 0 bridgehead atoms. The Kier molecular flexibility index (Phi) is 6.68. The summed E-state index contributed by atoms with van der Waals surface area (Å²) in [6, 6.07) is 37.0. The predicted molar refractivity (Wildman–Crippen MR) is 135 cm³/mol. The SMILES string of the molecule is c1ccc(C(c2ccccc2)(c2ccccc2)n2cnc(SCCOc3ccccn3)n2)cc1. The van der Waals surface area contributed by atoms with Gasteiger partial charge in [-0.3, -0.25) is 0 Å². The molecule has 2 heterocycles. The van der Waals surface area contributed by atoms with E-state index in [1.165, 1.54) is 0 Å². The molecular formula is C28H24N4OS. The second-order valence-electron chi connectivity index (χ2n) is 7.65. The summed E-state index contributed by atoms with van der Waals surface area (Å²) in [4.78, 5) is 8.84. The quantitative estimate of drug-likeness (QED) is 0.159. The van der Waals surface area contributed by atoms with Crippen LogP contribution in [-0.2, 0) is 5.54 Å². The van der Waals surface area contributed by atoms with Crippen molar-refractivity contribution < 1.29 is 4.74 Å². The van der Waals surface area contributed by atoms with E-state index in [1.54, 1.807) is 18.0 Å². The van der Waals surface area contributed by atoms with E-state index in [1.807, 2.05) is 47.4 Å². The van der Waals surface area contributed by atoms with Crippen LogP contribution in [0.15, 0.2) is 127 Å². The van der Waals surface area contributed by atoms with Crippen molar-refractivity contribution in [3.63, 3.8) is 0 Å². The van der Waals surface area contributed by atoms with Gasteiger partial charge in [-0.15, -0.1) is 5.10 Å². The van der Waals surface area contributed by atoms with Gasteiger partial charge in [0.1, 0.15) is 11.9 Å². The van der Waals surface area contributed by atoms with E-state index < -0.39 is 5.54 Å². The van der Waals surface area contributed by atoms with E-state index >= 15 is 0 Å². The van der Waals surface area contributed by atoms with Gasteiger partial charge in [0.2, 0.25) is 11.0 Å². The molecule has 0 amide bonds. The molecule has 168 valence electrons. The van der Waals surface area contributed by atoms with Crippen molar-refractivity contribution in [2.75, 3.05) is 12.4 Å². The van der Waals surface area contributed by atoms with Gasteiger partial charge in [-0.2, -0.15) is 0 Å². The third-order valence-electron chi connectivity index (χ3n) is 5.59. The number of rotatable bonds is 9. The van der Waals surface area contributed by atoms with Gasteiger partial charge < -0.3 is 4.74 Å². The Labute approximate surface area is 203 Å². The van der Waals surface area contributed by atoms with Crippen LogP contribution in [0.2, 0.25) is 0 Å². The minimum atomic E-state index is -0.653. The molecule has 5 rings (SSSR count). The number of benzene rings is 3. The lowest BCUT2D eigenvalue weighted by Crippen LogP contribution is -2.38. The Morgan fingerprint density at radius 2 is 1.24 bits per heavy atom. The fourth-order valence-electron chi connectivity index (χ4n) is 4.12. The van der Waals surface area contributed by atoms with E-state index in [2.05, 4.69) is 82.8 Å². The van der Waals surface area contributed by atoms with Gasteiger partial charge in [0.05, 0.1) is 6.61 Å². The first-order chi connectivity index (χ1) is 16.9. The molecule has 0 spiro atoms. The van der Waals surface area contributed by atoms with Crippen LogP contribution in [-0.4, -0.2) is 32.1 Å². The average molecular weight is 465 g/mol. The molecule has 6 heteroatoms. The highest BCUT2D eigenvalue weighted by Crippen LogP contribution is 2.40. The summed E-state index contributed by atoms with van der Waals surface area (Å²) < 4.78 is 7.70. The number of hydrogen-bond donors (Lipinski definition) is 0. The maximum Gasteiger partial charge on any atom is 0.213 e. The topological polar surface area (TPSA) is 52.8 Å². The van der Waals surface area contributed by atoms with Crippen LogP contribution >= 0.6 is 11.8 Å². The number of pyridine rings is 1. The van der Waals surface area contributed by atoms with Crippen LogP contribution in [0.25, 0.3) is 0 Å². The molecule has 0 unspecified atom stereocenters. The number of hydrogen-bond acceptors (Lipinski definition) is 5. The first-order valence-electron chi connectivity index (χ1n) is 11.1. The van der Waals surface area contributed by atoms with Crippen molar-refractivity contribution in [2.45, 2.75) is 10.7 Å². The van der Waals surface area contributed by atoms with Gasteiger partial charge in [-0.25, -0.2) is 14.6 Å². The molecule has 0 N–H and O–H groups in total. The highest BCUT2D eigenvalue weighted by molar-refractivity contribution is 7.99. The molecule has 0 aliphatic heterocycles. The molecule has 34 heavy (non-hydrogen) atoms. The molecule has 0 saturated carbocycles. The summed E-state index contributed by atoms with van der Waals surface area (Å²) in [6.07, 6.45) is 3.55. The lowest BCUT2D eigenvalue weighted by Gasteiger charge is -2.35. The van der Waals surface area contributed by atoms with E-state index in [0.717, 1.165) is 22.4 Å². The van der Waals surface area contributed by atoms with Crippen LogP contribution in [0.4, 0.5) is 0 Å². The van der Waals surface area contributed by atoms with Crippen molar-refractivity contribution in [3.8, 4) is 5.88 Å². The Morgan fingerprint density at radius 3 is 1.76 bits per heavy atom. The first-order valence-corrected chi connectivity index (χ1v) is 12.1. The molecular weight excluding hydrogens is 440 g/mol. The molecule has 0 saturated heterocycles. The fraction of sp³-hybridized carbons (Fsp3) is 0.107. The van der Waals surface area contributed by atoms with Crippen molar-refractivity contribution in [3.05, 3.63) is 138 Å². The highest BCUT2D eigenvalue weighted by Gasteiger charge is 2.39. The van der Waals surface area contributed by atoms with Crippen LogP contribution in [0.5, 0.6) is 5.88 Å². The summed E-state index contributed by atoms with van der Waals surface area (Å²) in [6.45, 7) is 0.525. The van der Waals surface area contributed by atoms with Crippen molar-refractivity contribution >= 4 is 11.8 Å². The number of ether oxygens (including phenoxy) is 1. The Hall–Kier alpha value is -3.90. The summed E-state index contributed by atoms with van der Waals surface area (Å²) >= 11 is 1.57. The van der Waals surface area contributed by atoms with Gasteiger partial charge in [0.15, 0.2) is 0 Å². The normalized spacial score (nSPS) is 11.3. The third-order valence-corrected chi connectivity index (χ3v) is 6.41. The minimum absolute atomic E-state index is 0.525. The lowest BCUT2D eigenvalue weighted by atomic mass is 9.77. The van der Waals surface area contributed by atoms with Crippen LogP contribution in [0, 0.1) is 0 Å². The Bertz CT molecular complexity index is 1200. The maximum absolute atomic E-state index is 5.72. The largest absolute Gasteiger partial charge is 0.477 e. The second-order valence-corrected chi connectivity index (χ2v) is 8.71. The monoisotopic (exact) mass is 464 g/mol. The van der Waals surface area contributed by atoms with E-state index in [-0.39, 0.29) is 0 Å². The van der Waals surface area contributed by atoms with Gasteiger partial charge in [-0.1, -0.05) is 109 Å². The van der Waals surface area contributed by atoms with Gasteiger partial charge in [0, 0.05) is 18.0 Å². The molecule has 3 aromatic carbocycles. The fourth-order valence-corrected chi connectivity index (χ4v) is 4.74. The number of aromatic nitrogens is 4. The van der Waals surface area contributed by atoms with Crippen molar-refractivity contribution in [1.82, 2.24) is 19.7 Å². The number of nitrogens with zero attached hydrogens (tertiary/aromatic N) is 4. The molecule has 5 aromatic rings. The lowest BCUT2D eigenvalue weighted by molar-refractivity contribution is 0.330. The van der Waals surface area contributed by atoms with Crippen LogP contribution in [0.1, 0.15) is 16.7 Å². The van der Waals surface area contributed by atoms with E-state index in [9.17, 15) is 0 Å². The predicted octanol–water partition coefficient (Wildman–Crippen LogP) is 5.68. The molecule has 2 aromatic heterocycles. The van der Waals surface area contributed by atoms with Crippen LogP contribution < -0.4 is 4.74 Å². The van der Waals surface area contributed by atoms with Crippen molar-refractivity contribution in [2.24, 2.45) is 0 Å². The molecule has 0 fully saturated rings. The zero-order valence-corrected chi connectivity index (χ0v) is 19.4. The van der Waals surface area contributed by atoms with Gasteiger partial charge >= 0.3 is 0 Å². The summed E-state index contributed by atoms with van der Waals surface area (Å²) in [7, 11) is 0. The van der Waals surface area contributed by atoms with E-state index in [4.69, 9.17) is 9.84 Å². The smallest absolute Gasteiger partial charge is 0.213 e. The Morgan fingerprint density at radius 1 is 0.676 bits per heavy atom. The standard InChI is InChI=1S/C28H24N4OS/c1-4-12-23(13-5-1)28(24-14-6-2-7-15-24,25-16-8-3-9-17-25)32-22-30-27(31-32)34-21-20-33-26-18-10-11-19-29-26/h1-19,22H,20-21H2. The first kappa shape index (κ1) is 21.9. The summed E-state index contributed by atoms with van der Waals surface area (Å²) in [5, 5.41) is 5.66.